The highest BCUT2D eigenvalue weighted by atomic mass is 16.3. The van der Waals surface area contributed by atoms with Crippen molar-refractivity contribution in [2.45, 2.75) is 56.6 Å². The topological polar surface area (TPSA) is 76.4 Å². The zero-order chi connectivity index (χ0) is 13.9. The molecule has 2 fully saturated rings. The third-order valence-corrected chi connectivity index (χ3v) is 4.36. The molecule has 0 atom stereocenters. The summed E-state index contributed by atoms with van der Waals surface area (Å²) in [6, 6.07) is 2.29. The van der Waals surface area contributed by atoms with E-state index < -0.39 is 11.1 Å². The van der Waals surface area contributed by atoms with Gasteiger partial charge in [0.2, 0.25) is 5.91 Å². The highest BCUT2D eigenvalue weighted by Crippen LogP contribution is 2.28. The Balaban J connectivity index is 1.80. The molecule has 0 bridgehead atoms. The molecule has 2 rings (SSSR count). The van der Waals surface area contributed by atoms with Crippen molar-refractivity contribution in [1.82, 2.24) is 10.2 Å². The molecule has 1 saturated carbocycles. The van der Waals surface area contributed by atoms with Gasteiger partial charge in [0.25, 0.3) is 0 Å². The van der Waals surface area contributed by atoms with Gasteiger partial charge >= 0.3 is 0 Å². The zero-order valence-corrected chi connectivity index (χ0v) is 11.6. The summed E-state index contributed by atoms with van der Waals surface area (Å²) in [6.07, 6.45) is 5.39. The van der Waals surface area contributed by atoms with Gasteiger partial charge in [-0.25, -0.2) is 0 Å². The summed E-state index contributed by atoms with van der Waals surface area (Å²) >= 11 is 0. The Hall–Kier alpha value is -1.12. The lowest BCUT2D eigenvalue weighted by atomic mass is 9.83. The molecule has 5 nitrogen and oxygen atoms in total. The maximum atomic E-state index is 12.0. The SMILES string of the molecule is CCC1(O)CN(CC(=O)NC2(C#N)CCCCC2)C1. The van der Waals surface area contributed by atoms with Gasteiger partial charge in [-0.2, -0.15) is 5.26 Å². The van der Waals surface area contributed by atoms with E-state index in [1.807, 2.05) is 11.8 Å². The monoisotopic (exact) mass is 265 g/mol. The first-order valence-electron chi connectivity index (χ1n) is 7.18. The van der Waals surface area contributed by atoms with Gasteiger partial charge in [0.05, 0.1) is 18.2 Å². The number of β-amino-alcohol motifs (C(OH)–C–C–N with tert-alkyl or cyclic N) is 1. The molecular weight excluding hydrogens is 242 g/mol. The molecule has 0 aromatic rings. The van der Waals surface area contributed by atoms with E-state index in [2.05, 4.69) is 11.4 Å². The van der Waals surface area contributed by atoms with Gasteiger partial charge in [0.1, 0.15) is 5.54 Å². The van der Waals surface area contributed by atoms with E-state index in [9.17, 15) is 15.2 Å². The van der Waals surface area contributed by atoms with E-state index >= 15 is 0 Å². The van der Waals surface area contributed by atoms with E-state index in [-0.39, 0.29) is 12.5 Å². The lowest BCUT2D eigenvalue weighted by Gasteiger charge is -2.46. The first kappa shape index (κ1) is 14.3. The normalized spacial score (nSPS) is 25.1. The molecule has 1 amide bonds. The third-order valence-electron chi connectivity index (χ3n) is 4.36. The Labute approximate surface area is 114 Å². The van der Waals surface area contributed by atoms with E-state index in [1.165, 1.54) is 0 Å². The summed E-state index contributed by atoms with van der Waals surface area (Å²) in [5.41, 5.74) is -1.26. The van der Waals surface area contributed by atoms with E-state index in [4.69, 9.17) is 0 Å². The minimum absolute atomic E-state index is 0.0957. The first-order valence-corrected chi connectivity index (χ1v) is 7.18. The van der Waals surface area contributed by atoms with Crippen molar-refractivity contribution < 1.29 is 9.90 Å². The molecule has 0 unspecified atom stereocenters. The average Bonchev–Trinajstić information content (AvgIpc) is 2.37. The van der Waals surface area contributed by atoms with Crippen LogP contribution in [-0.2, 0) is 4.79 Å². The lowest BCUT2D eigenvalue weighted by Crippen LogP contribution is -2.64. The van der Waals surface area contributed by atoms with Gasteiger partial charge in [-0.1, -0.05) is 26.2 Å². The summed E-state index contributed by atoms with van der Waals surface area (Å²) in [6.45, 7) is 3.34. The summed E-state index contributed by atoms with van der Waals surface area (Å²) in [5, 5.41) is 22.1. The molecule has 1 aliphatic carbocycles. The van der Waals surface area contributed by atoms with Crippen LogP contribution in [-0.4, -0.2) is 46.7 Å². The van der Waals surface area contributed by atoms with Crippen molar-refractivity contribution in [3.05, 3.63) is 0 Å². The molecule has 1 aliphatic heterocycles. The van der Waals surface area contributed by atoms with Gasteiger partial charge in [-0.3, -0.25) is 9.69 Å². The van der Waals surface area contributed by atoms with Gasteiger partial charge in [-0.05, 0) is 19.3 Å². The number of nitrogens with one attached hydrogen (secondary N) is 1. The summed E-state index contributed by atoms with van der Waals surface area (Å²) in [4.78, 5) is 13.9. The third kappa shape index (κ3) is 3.26. The number of aliphatic hydroxyl groups is 1. The number of nitrogens with zero attached hydrogens (tertiary/aromatic N) is 2. The average molecular weight is 265 g/mol. The molecule has 1 heterocycles. The maximum Gasteiger partial charge on any atom is 0.235 e. The van der Waals surface area contributed by atoms with Crippen molar-refractivity contribution in [3.63, 3.8) is 0 Å². The minimum atomic E-state index is -0.652. The fraction of sp³-hybridized carbons (Fsp3) is 0.857. The number of nitriles is 1. The lowest BCUT2D eigenvalue weighted by molar-refractivity contribution is -0.134. The summed E-state index contributed by atoms with van der Waals surface area (Å²) < 4.78 is 0. The molecule has 106 valence electrons. The van der Waals surface area contributed by atoms with Crippen molar-refractivity contribution in [1.29, 1.82) is 5.26 Å². The molecule has 1 saturated heterocycles. The van der Waals surface area contributed by atoms with Crippen molar-refractivity contribution in [3.8, 4) is 6.07 Å². The van der Waals surface area contributed by atoms with Crippen LogP contribution in [0.5, 0.6) is 0 Å². The number of likely N-dealkylation sites (tertiary alicyclic amines) is 1. The van der Waals surface area contributed by atoms with Gasteiger partial charge in [0.15, 0.2) is 0 Å². The van der Waals surface area contributed by atoms with Crippen LogP contribution in [0.2, 0.25) is 0 Å². The summed E-state index contributed by atoms with van der Waals surface area (Å²) in [5.74, 6) is -0.0957. The highest BCUT2D eigenvalue weighted by Gasteiger charge is 2.41. The van der Waals surface area contributed by atoms with Gasteiger partial charge < -0.3 is 10.4 Å². The Morgan fingerprint density at radius 1 is 1.37 bits per heavy atom. The Kier molecular flexibility index (Phi) is 4.12. The molecule has 0 aromatic carbocycles. The minimum Gasteiger partial charge on any atom is -0.387 e. The van der Waals surface area contributed by atoms with Crippen LogP contribution in [0, 0.1) is 11.3 Å². The highest BCUT2D eigenvalue weighted by molar-refractivity contribution is 5.79. The second-order valence-corrected chi connectivity index (χ2v) is 6.03. The van der Waals surface area contributed by atoms with Crippen molar-refractivity contribution >= 4 is 5.91 Å². The largest absolute Gasteiger partial charge is 0.387 e. The number of rotatable bonds is 4. The van der Waals surface area contributed by atoms with Crippen LogP contribution in [0.1, 0.15) is 45.4 Å². The predicted octanol–water partition coefficient (Wildman–Crippen LogP) is 0.786. The Bertz CT molecular complexity index is 377. The number of amides is 1. The zero-order valence-electron chi connectivity index (χ0n) is 11.6. The number of carbonyl (C=O) groups is 1. The molecule has 0 radical (unpaired) electrons. The fourth-order valence-electron chi connectivity index (χ4n) is 3.05. The quantitative estimate of drug-likeness (QED) is 0.788. The molecular formula is C14H23N3O2. The second kappa shape index (κ2) is 5.48. The maximum absolute atomic E-state index is 12.0. The van der Waals surface area contributed by atoms with Crippen molar-refractivity contribution in [2.75, 3.05) is 19.6 Å². The van der Waals surface area contributed by atoms with Crippen LogP contribution in [0.3, 0.4) is 0 Å². The number of carbonyl (C=O) groups excluding carboxylic acids is 1. The summed E-state index contributed by atoms with van der Waals surface area (Å²) in [7, 11) is 0. The van der Waals surface area contributed by atoms with E-state index in [0.717, 1.165) is 32.1 Å². The number of hydrogen-bond acceptors (Lipinski definition) is 4. The van der Waals surface area contributed by atoms with Crippen LogP contribution in [0.15, 0.2) is 0 Å². The molecule has 19 heavy (non-hydrogen) atoms. The fourth-order valence-corrected chi connectivity index (χ4v) is 3.05. The molecule has 0 aromatic heterocycles. The molecule has 2 N–H and O–H groups in total. The van der Waals surface area contributed by atoms with Gasteiger partial charge in [0, 0.05) is 13.1 Å². The first-order chi connectivity index (χ1) is 9.01. The predicted molar refractivity (Wildman–Crippen MR) is 71.3 cm³/mol. The van der Waals surface area contributed by atoms with Crippen LogP contribution >= 0.6 is 0 Å². The van der Waals surface area contributed by atoms with E-state index in [1.54, 1.807) is 0 Å². The smallest absolute Gasteiger partial charge is 0.235 e. The van der Waals surface area contributed by atoms with Crippen molar-refractivity contribution in [2.24, 2.45) is 0 Å². The Morgan fingerprint density at radius 3 is 2.53 bits per heavy atom. The van der Waals surface area contributed by atoms with Gasteiger partial charge in [-0.15, -0.1) is 0 Å². The molecule has 0 spiro atoms. The number of hydrogen-bond donors (Lipinski definition) is 2. The van der Waals surface area contributed by atoms with Crippen LogP contribution in [0.4, 0.5) is 0 Å². The van der Waals surface area contributed by atoms with E-state index in [0.29, 0.717) is 19.5 Å². The Morgan fingerprint density at radius 2 is 2.00 bits per heavy atom. The standard InChI is InChI=1S/C14H23N3O2/c1-2-14(19)10-17(11-14)8-12(18)16-13(9-15)6-4-3-5-7-13/h19H,2-8,10-11H2,1H3,(H,16,18). The molecule has 2 aliphatic rings. The van der Waals surface area contributed by atoms with Crippen LogP contribution < -0.4 is 5.32 Å². The molecule has 5 heteroatoms. The second-order valence-electron chi connectivity index (χ2n) is 6.03. The van der Waals surface area contributed by atoms with Crippen LogP contribution in [0.25, 0.3) is 0 Å².